The molecule has 2 aromatic carbocycles. The second-order valence-corrected chi connectivity index (χ2v) is 6.48. The fourth-order valence-corrected chi connectivity index (χ4v) is 3.57. The molecule has 3 N–H and O–H groups in total. The third-order valence-electron chi connectivity index (χ3n) is 4.91. The maximum atomic E-state index is 12.5. The number of allylic oxidation sites excluding steroid dienone is 1. The summed E-state index contributed by atoms with van der Waals surface area (Å²) in [6.07, 6.45) is -0.303. The van der Waals surface area contributed by atoms with Gasteiger partial charge in [-0.1, -0.05) is 12.1 Å². The predicted molar refractivity (Wildman–Crippen MR) is 98.6 cm³/mol. The van der Waals surface area contributed by atoms with E-state index in [9.17, 15) is 20.1 Å². The van der Waals surface area contributed by atoms with Crippen molar-refractivity contribution in [3.05, 3.63) is 70.5 Å². The minimum atomic E-state index is -0.748. The highest BCUT2D eigenvalue weighted by atomic mass is 16.5. The molecule has 7 nitrogen and oxygen atoms in total. The fraction of sp³-hybridized carbons (Fsp3) is 0.190. The number of benzene rings is 2. The zero-order chi connectivity index (χ0) is 20.0. The van der Waals surface area contributed by atoms with Crippen molar-refractivity contribution in [2.24, 2.45) is 0 Å². The first-order chi connectivity index (χ1) is 13.4. The molecule has 4 rings (SSSR count). The maximum absolute atomic E-state index is 12.5. The predicted octanol–water partition coefficient (Wildman–Crippen LogP) is 3.25. The highest BCUT2D eigenvalue weighted by Crippen LogP contribution is 2.52. The Morgan fingerprint density at radius 2 is 1.32 bits per heavy atom. The minimum Gasteiger partial charge on any atom is -0.507 e. The Morgan fingerprint density at radius 3 is 1.82 bits per heavy atom. The van der Waals surface area contributed by atoms with Crippen LogP contribution in [0.1, 0.15) is 23.3 Å². The molecule has 1 aliphatic heterocycles. The SMILES string of the molecule is COc1cc(C2OC(c3ccc(O)c(OC)c3)C3=C2C(=O)C=C3O)ccc1O. The van der Waals surface area contributed by atoms with Crippen LogP contribution in [0.5, 0.6) is 23.0 Å². The molecule has 7 heteroatoms. The van der Waals surface area contributed by atoms with E-state index in [0.29, 0.717) is 22.3 Å². The van der Waals surface area contributed by atoms with Crippen LogP contribution in [0.25, 0.3) is 0 Å². The molecule has 144 valence electrons. The van der Waals surface area contributed by atoms with Gasteiger partial charge in [0.05, 0.1) is 14.2 Å². The number of phenolic OH excluding ortho intramolecular Hbond substituents is 2. The second kappa shape index (κ2) is 6.61. The van der Waals surface area contributed by atoms with Gasteiger partial charge in [-0.25, -0.2) is 0 Å². The Labute approximate surface area is 160 Å². The van der Waals surface area contributed by atoms with Gasteiger partial charge in [0.25, 0.3) is 0 Å². The van der Waals surface area contributed by atoms with Crippen LogP contribution in [-0.2, 0) is 9.53 Å². The molecule has 1 aliphatic carbocycles. The first-order valence-electron chi connectivity index (χ1n) is 8.53. The van der Waals surface area contributed by atoms with Crippen molar-refractivity contribution in [1.29, 1.82) is 0 Å². The van der Waals surface area contributed by atoms with E-state index in [4.69, 9.17) is 14.2 Å². The molecule has 0 radical (unpaired) electrons. The number of aliphatic hydroxyl groups is 1. The molecule has 0 bridgehead atoms. The minimum absolute atomic E-state index is 0.0273. The number of carbonyl (C=O) groups is 1. The van der Waals surface area contributed by atoms with Crippen LogP contribution in [0, 0.1) is 0 Å². The van der Waals surface area contributed by atoms with Gasteiger partial charge < -0.3 is 29.5 Å². The van der Waals surface area contributed by atoms with Crippen molar-refractivity contribution >= 4 is 5.78 Å². The average molecular weight is 382 g/mol. The first kappa shape index (κ1) is 17.9. The van der Waals surface area contributed by atoms with E-state index in [1.54, 1.807) is 24.3 Å². The number of aliphatic hydroxyl groups excluding tert-OH is 1. The van der Waals surface area contributed by atoms with E-state index in [-0.39, 0.29) is 34.5 Å². The largest absolute Gasteiger partial charge is 0.507 e. The smallest absolute Gasteiger partial charge is 0.189 e. The summed E-state index contributed by atoms with van der Waals surface area (Å²) >= 11 is 0. The van der Waals surface area contributed by atoms with E-state index >= 15 is 0 Å². The second-order valence-electron chi connectivity index (χ2n) is 6.48. The molecule has 0 fully saturated rings. The van der Waals surface area contributed by atoms with Gasteiger partial charge in [0.15, 0.2) is 28.8 Å². The summed E-state index contributed by atoms with van der Waals surface area (Å²) in [7, 11) is 2.86. The lowest BCUT2D eigenvalue weighted by Crippen LogP contribution is -2.09. The molecule has 0 aromatic heterocycles. The molecule has 0 saturated heterocycles. The van der Waals surface area contributed by atoms with Crippen LogP contribution in [0.4, 0.5) is 0 Å². The monoisotopic (exact) mass is 382 g/mol. The standard InChI is InChI=1S/C21H18O7/c1-26-16-7-10(3-5-12(16)22)20-18-14(24)9-15(25)19(18)21(28-20)11-4-6-13(23)17(8-11)27-2/h3-9,20-24H,1-2H3. The Kier molecular flexibility index (Phi) is 4.24. The highest BCUT2D eigenvalue weighted by Gasteiger charge is 2.44. The summed E-state index contributed by atoms with van der Waals surface area (Å²) in [5, 5.41) is 30.0. The van der Waals surface area contributed by atoms with Crippen LogP contribution in [0.3, 0.4) is 0 Å². The molecule has 2 aliphatic rings. The summed E-state index contributed by atoms with van der Waals surface area (Å²) in [5.41, 5.74) is 1.94. The van der Waals surface area contributed by atoms with E-state index in [2.05, 4.69) is 0 Å². The van der Waals surface area contributed by atoms with Gasteiger partial charge in [-0.2, -0.15) is 0 Å². The van der Waals surface area contributed by atoms with E-state index in [1.807, 2.05) is 0 Å². The maximum Gasteiger partial charge on any atom is 0.189 e. The number of methoxy groups -OCH3 is 2. The molecular weight excluding hydrogens is 364 g/mol. The number of carbonyl (C=O) groups excluding carboxylic acids is 1. The molecular formula is C21H18O7. The number of ether oxygens (including phenoxy) is 3. The third kappa shape index (κ3) is 2.68. The normalized spacial score (nSPS) is 20.9. The summed E-state index contributed by atoms with van der Waals surface area (Å²) in [5.74, 6) is -0.0352. The van der Waals surface area contributed by atoms with Crippen LogP contribution in [0.15, 0.2) is 59.4 Å². The van der Waals surface area contributed by atoms with Gasteiger partial charge in [0, 0.05) is 17.2 Å². The van der Waals surface area contributed by atoms with Crippen molar-refractivity contribution < 1.29 is 34.3 Å². The molecule has 0 amide bonds. The fourth-order valence-electron chi connectivity index (χ4n) is 3.57. The first-order valence-corrected chi connectivity index (χ1v) is 8.53. The quantitative estimate of drug-likeness (QED) is 0.745. The van der Waals surface area contributed by atoms with Crippen molar-refractivity contribution in [1.82, 2.24) is 0 Å². The van der Waals surface area contributed by atoms with Gasteiger partial charge in [-0.3, -0.25) is 4.79 Å². The van der Waals surface area contributed by atoms with Gasteiger partial charge in [0.1, 0.15) is 18.0 Å². The number of ketones is 1. The number of hydrogen-bond donors (Lipinski definition) is 3. The molecule has 2 unspecified atom stereocenters. The number of aromatic hydroxyl groups is 2. The molecule has 2 atom stereocenters. The number of phenols is 2. The van der Waals surface area contributed by atoms with E-state index < -0.39 is 12.2 Å². The zero-order valence-corrected chi connectivity index (χ0v) is 15.2. The Balaban J connectivity index is 1.81. The van der Waals surface area contributed by atoms with Crippen LogP contribution >= 0.6 is 0 Å². The van der Waals surface area contributed by atoms with E-state index in [0.717, 1.165) is 0 Å². The van der Waals surface area contributed by atoms with Crippen molar-refractivity contribution in [3.8, 4) is 23.0 Å². The lowest BCUT2D eigenvalue weighted by molar-refractivity contribution is -0.112. The number of rotatable bonds is 4. The zero-order valence-electron chi connectivity index (χ0n) is 15.2. The van der Waals surface area contributed by atoms with Crippen LogP contribution < -0.4 is 9.47 Å². The van der Waals surface area contributed by atoms with Crippen molar-refractivity contribution in [3.63, 3.8) is 0 Å². The van der Waals surface area contributed by atoms with Crippen LogP contribution in [0.2, 0.25) is 0 Å². The van der Waals surface area contributed by atoms with Crippen LogP contribution in [-0.4, -0.2) is 35.3 Å². The summed E-state index contributed by atoms with van der Waals surface area (Å²) in [6, 6.07) is 9.39. The Hall–Kier alpha value is -3.45. The Bertz CT molecular complexity index is 1040. The summed E-state index contributed by atoms with van der Waals surface area (Å²) in [4.78, 5) is 12.5. The lowest BCUT2D eigenvalue weighted by atomic mass is 9.95. The van der Waals surface area contributed by atoms with Gasteiger partial charge in [0.2, 0.25) is 0 Å². The van der Waals surface area contributed by atoms with E-state index in [1.165, 1.54) is 32.4 Å². The lowest BCUT2D eigenvalue weighted by Gasteiger charge is -2.20. The summed E-state index contributed by atoms with van der Waals surface area (Å²) in [6.45, 7) is 0. The molecule has 28 heavy (non-hydrogen) atoms. The topological polar surface area (TPSA) is 105 Å². The Morgan fingerprint density at radius 1 is 0.821 bits per heavy atom. The number of hydrogen-bond acceptors (Lipinski definition) is 7. The summed E-state index contributed by atoms with van der Waals surface area (Å²) < 4.78 is 16.4. The highest BCUT2D eigenvalue weighted by molar-refractivity contribution is 6.10. The van der Waals surface area contributed by atoms with Crippen molar-refractivity contribution in [2.45, 2.75) is 12.2 Å². The van der Waals surface area contributed by atoms with Crippen molar-refractivity contribution in [2.75, 3.05) is 14.2 Å². The molecule has 0 spiro atoms. The third-order valence-corrected chi connectivity index (χ3v) is 4.91. The average Bonchev–Trinajstić information content (AvgIpc) is 3.22. The molecule has 2 aromatic rings. The van der Waals surface area contributed by atoms with Gasteiger partial charge in [-0.15, -0.1) is 0 Å². The van der Waals surface area contributed by atoms with Gasteiger partial charge in [-0.05, 0) is 35.4 Å². The molecule has 1 heterocycles. The molecule has 0 saturated carbocycles. The van der Waals surface area contributed by atoms with Gasteiger partial charge >= 0.3 is 0 Å².